The molecule has 0 radical (unpaired) electrons. The second-order valence-electron chi connectivity index (χ2n) is 3.81. The summed E-state index contributed by atoms with van der Waals surface area (Å²) in [5.41, 5.74) is 1.07. The summed E-state index contributed by atoms with van der Waals surface area (Å²) in [4.78, 5) is 11.8. The van der Waals surface area contributed by atoms with Crippen molar-refractivity contribution in [2.75, 3.05) is 0 Å². The fourth-order valence-electron chi connectivity index (χ4n) is 1.54. The first kappa shape index (κ1) is 11.9. The first-order chi connectivity index (χ1) is 8.66. The Morgan fingerprint density at radius 3 is 2.39 bits per heavy atom. The van der Waals surface area contributed by atoms with Gasteiger partial charge in [-0.1, -0.05) is 30.3 Å². The third-order valence-corrected chi connectivity index (χ3v) is 2.49. The molecule has 0 unspecified atom stereocenters. The van der Waals surface area contributed by atoms with Crippen molar-refractivity contribution in [1.29, 1.82) is 0 Å². The summed E-state index contributed by atoms with van der Waals surface area (Å²) >= 11 is 0. The van der Waals surface area contributed by atoms with E-state index in [1.165, 1.54) is 24.3 Å². The topological polar surface area (TPSA) is 57.5 Å². The van der Waals surface area contributed by atoms with Crippen molar-refractivity contribution >= 4 is 11.9 Å². The zero-order chi connectivity index (χ0) is 13.0. The molecule has 0 aliphatic carbocycles. The zero-order valence-electron chi connectivity index (χ0n) is 9.58. The normalized spacial score (nSPS) is 10.7. The van der Waals surface area contributed by atoms with Gasteiger partial charge in [-0.2, -0.15) is 0 Å². The number of carbonyl (C=O) groups is 1. The fourth-order valence-corrected chi connectivity index (χ4v) is 1.54. The van der Waals surface area contributed by atoms with Crippen LogP contribution in [0.15, 0.2) is 54.6 Å². The van der Waals surface area contributed by atoms with Crippen LogP contribution in [0.5, 0.6) is 11.5 Å². The summed E-state index contributed by atoms with van der Waals surface area (Å²) in [5.74, 6) is -0.214. The van der Waals surface area contributed by atoms with Gasteiger partial charge in [-0.05, 0) is 24.3 Å². The number of ketones is 1. The van der Waals surface area contributed by atoms with E-state index in [0.717, 1.165) is 0 Å². The number of hydrogen-bond acceptors (Lipinski definition) is 3. The summed E-state index contributed by atoms with van der Waals surface area (Å²) in [6.45, 7) is 0. The number of benzene rings is 2. The van der Waals surface area contributed by atoms with Crippen LogP contribution in [-0.2, 0) is 0 Å². The van der Waals surface area contributed by atoms with E-state index in [0.29, 0.717) is 11.1 Å². The Bertz CT molecular complexity index is 586. The van der Waals surface area contributed by atoms with Crippen molar-refractivity contribution < 1.29 is 15.0 Å². The van der Waals surface area contributed by atoms with Crippen LogP contribution < -0.4 is 0 Å². The molecule has 3 heteroatoms. The maximum atomic E-state index is 11.8. The molecule has 0 bridgehead atoms. The van der Waals surface area contributed by atoms with Crippen LogP contribution in [0.4, 0.5) is 0 Å². The van der Waals surface area contributed by atoms with Crippen LogP contribution in [0.3, 0.4) is 0 Å². The Balaban J connectivity index is 2.19. The molecule has 0 heterocycles. The number of allylic oxidation sites excluding steroid dienone is 1. The molecule has 3 nitrogen and oxygen atoms in total. The second-order valence-corrected chi connectivity index (χ2v) is 3.81. The van der Waals surface area contributed by atoms with Crippen molar-refractivity contribution in [2.24, 2.45) is 0 Å². The van der Waals surface area contributed by atoms with Gasteiger partial charge in [0.2, 0.25) is 0 Å². The van der Waals surface area contributed by atoms with Crippen molar-refractivity contribution in [2.45, 2.75) is 0 Å². The minimum absolute atomic E-state index is 0.0148. The molecule has 2 rings (SSSR count). The van der Waals surface area contributed by atoms with Gasteiger partial charge in [-0.25, -0.2) is 0 Å². The van der Waals surface area contributed by atoms with Crippen molar-refractivity contribution in [1.82, 2.24) is 0 Å². The number of rotatable bonds is 3. The average Bonchev–Trinajstić information content (AvgIpc) is 2.38. The van der Waals surface area contributed by atoms with Gasteiger partial charge < -0.3 is 10.2 Å². The third-order valence-electron chi connectivity index (χ3n) is 2.49. The van der Waals surface area contributed by atoms with Crippen LogP contribution in [0.25, 0.3) is 6.08 Å². The highest BCUT2D eigenvalue weighted by molar-refractivity contribution is 6.06. The molecule has 0 saturated heterocycles. The lowest BCUT2D eigenvalue weighted by Crippen LogP contribution is -1.92. The first-order valence-corrected chi connectivity index (χ1v) is 5.46. The molecular formula is C15H12O3. The summed E-state index contributed by atoms with van der Waals surface area (Å²) in [7, 11) is 0. The van der Waals surface area contributed by atoms with Gasteiger partial charge in [0.15, 0.2) is 5.78 Å². The fraction of sp³-hybridized carbons (Fsp3) is 0. The molecule has 2 N–H and O–H groups in total. The van der Waals surface area contributed by atoms with Crippen molar-refractivity contribution in [3.05, 3.63) is 65.7 Å². The molecule has 0 amide bonds. The molecular weight excluding hydrogens is 228 g/mol. The highest BCUT2D eigenvalue weighted by atomic mass is 16.3. The highest BCUT2D eigenvalue weighted by Crippen LogP contribution is 2.23. The molecule has 18 heavy (non-hydrogen) atoms. The lowest BCUT2D eigenvalue weighted by Gasteiger charge is -1.99. The van der Waals surface area contributed by atoms with Gasteiger partial charge in [0.25, 0.3) is 0 Å². The highest BCUT2D eigenvalue weighted by Gasteiger charge is 2.02. The van der Waals surface area contributed by atoms with Crippen LogP contribution in [0.2, 0.25) is 0 Å². The Kier molecular flexibility index (Phi) is 3.44. The largest absolute Gasteiger partial charge is 0.508 e. The Labute approximate surface area is 105 Å². The van der Waals surface area contributed by atoms with Gasteiger partial charge in [0.1, 0.15) is 11.5 Å². The van der Waals surface area contributed by atoms with Crippen molar-refractivity contribution in [3.8, 4) is 11.5 Å². The van der Waals surface area contributed by atoms with Crippen LogP contribution in [0, 0.1) is 0 Å². The van der Waals surface area contributed by atoms with E-state index >= 15 is 0 Å². The molecule has 0 saturated carbocycles. The summed E-state index contributed by atoms with van der Waals surface area (Å²) in [5, 5.41) is 18.7. The Morgan fingerprint density at radius 2 is 1.72 bits per heavy atom. The van der Waals surface area contributed by atoms with Gasteiger partial charge in [0, 0.05) is 17.2 Å². The second kappa shape index (κ2) is 5.19. The van der Waals surface area contributed by atoms with E-state index in [1.54, 1.807) is 30.3 Å². The van der Waals surface area contributed by atoms with Crippen LogP contribution >= 0.6 is 0 Å². The number of carbonyl (C=O) groups excluding carboxylic acids is 1. The van der Waals surface area contributed by atoms with Crippen LogP contribution in [0.1, 0.15) is 15.9 Å². The van der Waals surface area contributed by atoms with E-state index in [1.807, 2.05) is 6.07 Å². The van der Waals surface area contributed by atoms with E-state index < -0.39 is 0 Å². The van der Waals surface area contributed by atoms with E-state index in [2.05, 4.69) is 0 Å². The lowest BCUT2D eigenvalue weighted by atomic mass is 10.1. The van der Waals surface area contributed by atoms with Gasteiger partial charge >= 0.3 is 0 Å². The van der Waals surface area contributed by atoms with E-state index in [9.17, 15) is 9.90 Å². The molecule has 0 aromatic heterocycles. The number of hydrogen-bond donors (Lipinski definition) is 2. The van der Waals surface area contributed by atoms with Gasteiger partial charge in [0.05, 0.1) is 0 Å². The predicted molar refractivity (Wildman–Crippen MR) is 69.6 cm³/mol. The molecule has 0 aliphatic rings. The summed E-state index contributed by atoms with van der Waals surface area (Å²) in [6, 6.07) is 13.1. The number of phenols is 2. The SMILES string of the molecule is O=C(C=Cc1ccc(O)cc1O)c1ccccc1. The summed E-state index contributed by atoms with van der Waals surface area (Å²) in [6.07, 6.45) is 2.91. The van der Waals surface area contributed by atoms with Gasteiger partial charge in [-0.15, -0.1) is 0 Å². The quantitative estimate of drug-likeness (QED) is 0.640. The maximum Gasteiger partial charge on any atom is 0.185 e. The molecule has 0 fully saturated rings. The van der Waals surface area contributed by atoms with E-state index in [4.69, 9.17) is 5.11 Å². The predicted octanol–water partition coefficient (Wildman–Crippen LogP) is 2.99. The molecule has 0 spiro atoms. The molecule has 0 aliphatic heterocycles. The smallest absolute Gasteiger partial charge is 0.185 e. The number of phenolic OH excluding ortho intramolecular Hbond substituents is 2. The Hall–Kier alpha value is -2.55. The standard InChI is InChI=1S/C15H12O3/c16-13-8-6-12(15(18)10-13)7-9-14(17)11-4-2-1-3-5-11/h1-10,16,18H. The Morgan fingerprint density at radius 1 is 1.00 bits per heavy atom. The monoisotopic (exact) mass is 240 g/mol. The van der Waals surface area contributed by atoms with Gasteiger partial charge in [-0.3, -0.25) is 4.79 Å². The molecule has 90 valence electrons. The summed E-state index contributed by atoms with van der Waals surface area (Å²) < 4.78 is 0. The first-order valence-electron chi connectivity index (χ1n) is 5.46. The number of aromatic hydroxyl groups is 2. The molecule has 0 atom stereocenters. The third kappa shape index (κ3) is 2.77. The van der Waals surface area contributed by atoms with Crippen LogP contribution in [-0.4, -0.2) is 16.0 Å². The minimum Gasteiger partial charge on any atom is -0.508 e. The van der Waals surface area contributed by atoms with Crippen molar-refractivity contribution in [3.63, 3.8) is 0 Å². The molecule has 2 aromatic rings. The minimum atomic E-state index is -0.136. The maximum absolute atomic E-state index is 11.8. The van der Waals surface area contributed by atoms with E-state index in [-0.39, 0.29) is 17.3 Å². The zero-order valence-corrected chi connectivity index (χ0v) is 9.58. The molecule has 2 aromatic carbocycles. The average molecular weight is 240 g/mol. The lowest BCUT2D eigenvalue weighted by molar-refractivity contribution is 0.104.